The van der Waals surface area contributed by atoms with Gasteiger partial charge in [0.15, 0.2) is 5.13 Å². The number of benzene rings is 2. The van der Waals surface area contributed by atoms with Gasteiger partial charge in [-0.2, -0.15) is 0 Å². The van der Waals surface area contributed by atoms with E-state index in [1.165, 1.54) is 29.0 Å². The first-order chi connectivity index (χ1) is 15.5. The second kappa shape index (κ2) is 8.76. The Balaban J connectivity index is 1.14. The van der Waals surface area contributed by atoms with Crippen LogP contribution >= 0.6 is 11.3 Å². The van der Waals surface area contributed by atoms with E-state index in [-0.39, 0.29) is 17.6 Å². The zero-order chi connectivity index (χ0) is 22.1. The third kappa shape index (κ3) is 4.53. The van der Waals surface area contributed by atoms with Crippen LogP contribution in [0.4, 0.5) is 9.52 Å². The van der Waals surface area contributed by atoms with Gasteiger partial charge in [-0.05, 0) is 74.8 Å². The Labute approximate surface area is 188 Å². The van der Waals surface area contributed by atoms with Gasteiger partial charge >= 0.3 is 0 Å². The predicted molar refractivity (Wildman–Crippen MR) is 121 cm³/mol. The first kappa shape index (κ1) is 20.7. The molecule has 1 saturated heterocycles. The lowest BCUT2D eigenvalue weighted by atomic mass is 9.97. The summed E-state index contributed by atoms with van der Waals surface area (Å²) in [5, 5.41) is 11.9. The molecule has 7 nitrogen and oxygen atoms in total. The minimum absolute atomic E-state index is 0.0596. The van der Waals surface area contributed by atoms with Crippen molar-refractivity contribution in [3.63, 3.8) is 0 Å². The highest BCUT2D eigenvalue weighted by Gasteiger charge is 2.26. The molecular formula is C23H22FN5O2S. The molecule has 4 aromatic rings. The number of hydrogen-bond donors (Lipinski definition) is 1. The van der Waals surface area contributed by atoms with Crippen molar-refractivity contribution in [2.75, 3.05) is 25.0 Å². The van der Waals surface area contributed by atoms with Gasteiger partial charge in [-0.3, -0.25) is 9.69 Å². The highest BCUT2D eigenvalue weighted by molar-refractivity contribution is 7.22. The van der Waals surface area contributed by atoms with Crippen LogP contribution < -0.4 is 5.32 Å². The van der Waals surface area contributed by atoms with E-state index in [1.54, 1.807) is 12.1 Å². The summed E-state index contributed by atoms with van der Waals surface area (Å²) in [7, 11) is 0. The lowest BCUT2D eigenvalue weighted by Crippen LogP contribution is -2.38. The van der Waals surface area contributed by atoms with Crippen LogP contribution in [-0.4, -0.2) is 45.6 Å². The molecule has 3 heterocycles. The molecule has 2 aromatic carbocycles. The molecule has 9 heteroatoms. The van der Waals surface area contributed by atoms with Gasteiger partial charge in [0.2, 0.25) is 17.7 Å². The van der Waals surface area contributed by atoms with Gasteiger partial charge in [0.1, 0.15) is 5.82 Å². The topological polar surface area (TPSA) is 84.2 Å². The summed E-state index contributed by atoms with van der Waals surface area (Å²) in [5.41, 5.74) is 2.77. The molecule has 1 N–H and O–H groups in total. The van der Waals surface area contributed by atoms with Crippen LogP contribution in [0.25, 0.3) is 21.7 Å². The number of halogens is 1. The van der Waals surface area contributed by atoms with E-state index in [9.17, 15) is 9.18 Å². The molecule has 164 valence electrons. The number of carbonyl (C=O) groups excluding carboxylic acids is 1. The zero-order valence-corrected chi connectivity index (χ0v) is 18.4. The summed E-state index contributed by atoms with van der Waals surface area (Å²) in [6.45, 7) is 3.90. The van der Waals surface area contributed by atoms with Crippen molar-refractivity contribution >= 4 is 32.6 Å². The van der Waals surface area contributed by atoms with Gasteiger partial charge in [0.05, 0.1) is 16.8 Å². The fraction of sp³-hybridized carbons (Fsp3) is 0.304. The molecule has 0 atom stereocenters. The number of aryl methyl sites for hydroxylation is 1. The van der Waals surface area contributed by atoms with Crippen LogP contribution in [0.2, 0.25) is 0 Å². The first-order valence-corrected chi connectivity index (χ1v) is 11.3. The molecule has 0 radical (unpaired) electrons. The number of nitrogens with zero attached hydrogens (tertiary/aromatic N) is 4. The Kier molecular flexibility index (Phi) is 5.67. The molecule has 1 amide bonds. The summed E-state index contributed by atoms with van der Waals surface area (Å²) in [6, 6.07) is 12.1. The predicted octanol–water partition coefficient (Wildman–Crippen LogP) is 4.61. The standard InChI is InChI=1S/C23H22FN5O2S/c1-14-2-7-18-19(12-14)32-23(25-18)26-20(30)13-29-10-8-16(9-11-29)22-28-27-21(31-22)15-3-5-17(24)6-4-15/h2-7,12,16H,8-11,13H2,1H3,(H,25,26,30). The molecule has 0 aliphatic carbocycles. The van der Waals surface area contributed by atoms with E-state index in [0.29, 0.717) is 29.0 Å². The Bertz CT molecular complexity index is 1250. The third-order valence-corrected chi connectivity index (χ3v) is 6.56. The number of carbonyl (C=O) groups is 1. The van der Waals surface area contributed by atoms with E-state index < -0.39 is 0 Å². The first-order valence-electron chi connectivity index (χ1n) is 10.5. The van der Waals surface area contributed by atoms with Crippen molar-refractivity contribution in [3.8, 4) is 11.5 Å². The van der Waals surface area contributed by atoms with Crippen molar-refractivity contribution in [2.24, 2.45) is 0 Å². The molecule has 1 fully saturated rings. The summed E-state index contributed by atoms with van der Waals surface area (Å²) >= 11 is 1.49. The lowest BCUT2D eigenvalue weighted by Gasteiger charge is -2.29. The number of aromatic nitrogens is 3. The number of rotatable bonds is 5. The SMILES string of the molecule is Cc1ccc2nc(NC(=O)CN3CCC(c4nnc(-c5ccc(F)cc5)o4)CC3)sc2c1. The fourth-order valence-electron chi connectivity index (χ4n) is 3.89. The highest BCUT2D eigenvalue weighted by Crippen LogP contribution is 2.30. The molecule has 5 rings (SSSR count). The maximum atomic E-state index is 13.1. The van der Waals surface area contributed by atoms with Crippen LogP contribution in [0.5, 0.6) is 0 Å². The number of thiazole rings is 1. The number of hydrogen-bond acceptors (Lipinski definition) is 7. The van der Waals surface area contributed by atoms with Crippen molar-refractivity contribution < 1.29 is 13.6 Å². The van der Waals surface area contributed by atoms with Gasteiger partial charge < -0.3 is 9.73 Å². The zero-order valence-electron chi connectivity index (χ0n) is 17.5. The average Bonchev–Trinajstić information content (AvgIpc) is 3.41. The third-order valence-electron chi connectivity index (χ3n) is 5.63. The van der Waals surface area contributed by atoms with Crippen LogP contribution in [-0.2, 0) is 4.79 Å². The van der Waals surface area contributed by atoms with Gasteiger partial charge in [0.25, 0.3) is 0 Å². The average molecular weight is 452 g/mol. The molecule has 0 unspecified atom stereocenters. The Morgan fingerprint density at radius 3 is 2.75 bits per heavy atom. The van der Waals surface area contributed by atoms with Crippen LogP contribution in [0.1, 0.15) is 30.2 Å². The summed E-state index contributed by atoms with van der Waals surface area (Å²) in [6.07, 6.45) is 1.66. The minimum Gasteiger partial charge on any atom is -0.420 e. The van der Waals surface area contributed by atoms with Crippen molar-refractivity contribution in [1.29, 1.82) is 0 Å². The van der Waals surface area contributed by atoms with Crippen LogP contribution in [0, 0.1) is 12.7 Å². The highest BCUT2D eigenvalue weighted by atomic mass is 32.1. The van der Waals surface area contributed by atoms with E-state index in [2.05, 4.69) is 31.5 Å². The monoisotopic (exact) mass is 451 g/mol. The van der Waals surface area contributed by atoms with E-state index in [4.69, 9.17) is 4.42 Å². The number of piperidine rings is 1. The van der Waals surface area contributed by atoms with Crippen LogP contribution in [0.15, 0.2) is 46.9 Å². The number of amides is 1. The smallest absolute Gasteiger partial charge is 0.247 e. The molecule has 2 aromatic heterocycles. The summed E-state index contributed by atoms with van der Waals surface area (Å²) in [5.74, 6) is 0.785. The quantitative estimate of drug-likeness (QED) is 0.477. The second-order valence-corrected chi connectivity index (χ2v) is 9.07. The normalized spacial score (nSPS) is 15.3. The van der Waals surface area contributed by atoms with Gasteiger partial charge in [0, 0.05) is 11.5 Å². The Morgan fingerprint density at radius 2 is 1.97 bits per heavy atom. The van der Waals surface area contributed by atoms with Crippen molar-refractivity contribution in [1.82, 2.24) is 20.1 Å². The minimum atomic E-state index is -0.303. The summed E-state index contributed by atoms with van der Waals surface area (Å²) in [4.78, 5) is 19.1. The molecular weight excluding hydrogens is 429 g/mol. The fourth-order valence-corrected chi connectivity index (χ4v) is 4.87. The number of likely N-dealkylation sites (tertiary alicyclic amines) is 1. The molecule has 0 spiro atoms. The lowest BCUT2D eigenvalue weighted by molar-refractivity contribution is -0.117. The maximum absolute atomic E-state index is 13.1. The van der Waals surface area contributed by atoms with Gasteiger partial charge in [-0.25, -0.2) is 9.37 Å². The molecule has 0 bridgehead atoms. The Morgan fingerprint density at radius 1 is 1.19 bits per heavy atom. The van der Waals surface area contributed by atoms with E-state index >= 15 is 0 Å². The van der Waals surface area contributed by atoms with E-state index in [1.807, 2.05) is 19.1 Å². The maximum Gasteiger partial charge on any atom is 0.247 e. The van der Waals surface area contributed by atoms with Crippen molar-refractivity contribution in [2.45, 2.75) is 25.7 Å². The van der Waals surface area contributed by atoms with Gasteiger partial charge in [-0.1, -0.05) is 17.4 Å². The summed E-state index contributed by atoms with van der Waals surface area (Å²) < 4.78 is 20.0. The second-order valence-electron chi connectivity index (χ2n) is 8.04. The molecule has 1 aliphatic rings. The molecule has 1 aliphatic heterocycles. The van der Waals surface area contributed by atoms with Crippen molar-refractivity contribution in [3.05, 3.63) is 59.7 Å². The van der Waals surface area contributed by atoms with Gasteiger partial charge in [-0.15, -0.1) is 10.2 Å². The van der Waals surface area contributed by atoms with E-state index in [0.717, 1.165) is 36.1 Å². The Hall–Kier alpha value is -3.17. The van der Waals surface area contributed by atoms with Crippen LogP contribution in [0.3, 0.4) is 0 Å². The number of nitrogens with one attached hydrogen (secondary N) is 1. The molecule has 32 heavy (non-hydrogen) atoms. The molecule has 0 saturated carbocycles. The number of anilines is 1. The number of fused-ring (bicyclic) bond motifs is 1. The largest absolute Gasteiger partial charge is 0.420 e.